The molecule has 2 bridgehead atoms. The smallest absolute Gasteiger partial charge is 0.408 e. The second-order valence-corrected chi connectivity index (χ2v) is 10.1. The van der Waals surface area contributed by atoms with Crippen molar-refractivity contribution in [2.24, 2.45) is 5.92 Å². The number of hydrogen-bond acceptors (Lipinski definition) is 3. The molecule has 2 atom stereocenters. The van der Waals surface area contributed by atoms with Gasteiger partial charge in [-0.05, 0) is 72.8 Å². The number of carbonyl (C=O) groups is 1. The Morgan fingerprint density at radius 1 is 1.00 bits per heavy atom. The molecule has 5 nitrogen and oxygen atoms in total. The van der Waals surface area contributed by atoms with E-state index in [2.05, 4.69) is 20.8 Å². The third-order valence-electron chi connectivity index (χ3n) is 7.09. The van der Waals surface area contributed by atoms with Crippen molar-refractivity contribution in [1.29, 1.82) is 0 Å². The maximum Gasteiger partial charge on any atom is 0.408 e. The van der Waals surface area contributed by atoms with Crippen molar-refractivity contribution in [1.82, 2.24) is 9.80 Å². The van der Waals surface area contributed by atoms with Crippen molar-refractivity contribution in [2.45, 2.75) is 31.5 Å². The first-order chi connectivity index (χ1) is 16.6. The van der Waals surface area contributed by atoms with Crippen LogP contribution in [0, 0.1) is 5.92 Å². The van der Waals surface area contributed by atoms with Crippen LogP contribution >= 0.6 is 15.9 Å². The molecule has 3 aromatic carbocycles. The fourth-order valence-corrected chi connectivity index (χ4v) is 5.63. The van der Waals surface area contributed by atoms with E-state index in [1.165, 1.54) is 0 Å². The molecule has 0 aliphatic carbocycles. The van der Waals surface area contributed by atoms with E-state index >= 15 is 0 Å². The van der Waals surface area contributed by atoms with Crippen LogP contribution in [0.1, 0.15) is 35.6 Å². The third-order valence-corrected chi connectivity index (χ3v) is 7.61. The van der Waals surface area contributed by atoms with Crippen LogP contribution < -0.4 is 4.74 Å². The average molecular weight is 521 g/mol. The molecule has 176 valence electrons. The number of hydrogen-bond donors (Lipinski definition) is 1. The minimum atomic E-state index is -0.867. The van der Waals surface area contributed by atoms with Crippen LogP contribution in [0.5, 0.6) is 5.75 Å². The largest absolute Gasteiger partial charge is 0.489 e. The zero-order chi connectivity index (χ0) is 23.5. The lowest BCUT2D eigenvalue weighted by molar-refractivity contribution is -0.000811. The van der Waals surface area contributed by atoms with E-state index in [4.69, 9.17) is 4.74 Å². The minimum absolute atomic E-state index is 0.0162. The predicted octanol–water partition coefficient (Wildman–Crippen LogP) is 6.19. The number of carboxylic acid groups (broad SMARTS) is 1. The molecule has 0 aromatic heterocycles. The normalized spacial score (nSPS) is 22.2. The van der Waals surface area contributed by atoms with Gasteiger partial charge in [-0.25, -0.2) is 4.79 Å². The van der Waals surface area contributed by atoms with E-state index < -0.39 is 6.09 Å². The standard InChI is InChI=1S/C28H29BrN2O3/c29-24-11-9-20(10-12-24)19-34-25-8-4-7-23(17-25)27(22-5-2-1-3-6-22)31(28(32)33)26-18-30-15-13-21(26)14-16-30/h1-12,17,21,26-27H,13-16,18-19H2,(H,32,33)/t26-,27?/m0/s1. The zero-order valence-electron chi connectivity index (χ0n) is 19.0. The number of nitrogens with zero attached hydrogens (tertiary/aromatic N) is 2. The fraction of sp³-hybridized carbons (Fsp3) is 0.321. The van der Waals surface area contributed by atoms with Crippen molar-refractivity contribution >= 4 is 22.0 Å². The Morgan fingerprint density at radius 3 is 2.35 bits per heavy atom. The average Bonchev–Trinajstić information content (AvgIpc) is 2.88. The van der Waals surface area contributed by atoms with Gasteiger partial charge in [0.2, 0.25) is 0 Å². The van der Waals surface area contributed by atoms with Gasteiger partial charge < -0.3 is 14.7 Å². The highest BCUT2D eigenvalue weighted by Crippen LogP contribution is 2.39. The van der Waals surface area contributed by atoms with Crippen LogP contribution in [-0.4, -0.2) is 46.7 Å². The number of benzene rings is 3. The summed E-state index contributed by atoms with van der Waals surface area (Å²) in [7, 11) is 0. The molecule has 6 rings (SSSR count). The Morgan fingerprint density at radius 2 is 1.71 bits per heavy atom. The Hall–Kier alpha value is -2.83. The number of halogens is 1. The highest BCUT2D eigenvalue weighted by Gasteiger charge is 2.43. The third kappa shape index (κ3) is 4.98. The van der Waals surface area contributed by atoms with Gasteiger partial charge in [0.15, 0.2) is 0 Å². The summed E-state index contributed by atoms with van der Waals surface area (Å²) in [4.78, 5) is 16.9. The van der Waals surface area contributed by atoms with Gasteiger partial charge in [-0.1, -0.05) is 70.5 Å². The van der Waals surface area contributed by atoms with Crippen molar-refractivity contribution in [3.63, 3.8) is 0 Å². The summed E-state index contributed by atoms with van der Waals surface area (Å²) in [5.74, 6) is 1.14. The molecule has 3 aliphatic heterocycles. The molecule has 1 unspecified atom stereocenters. The predicted molar refractivity (Wildman–Crippen MR) is 136 cm³/mol. The second-order valence-electron chi connectivity index (χ2n) is 9.20. The van der Waals surface area contributed by atoms with Crippen LogP contribution in [0.3, 0.4) is 0 Å². The Labute approximate surface area is 209 Å². The van der Waals surface area contributed by atoms with Crippen LogP contribution in [0.25, 0.3) is 0 Å². The Kier molecular flexibility index (Phi) is 6.88. The highest BCUT2D eigenvalue weighted by molar-refractivity contribution is 9.10. The monoisotopic (exact) mass is 520 g/mol. The van der Waals surface area contributed by atoms with Gasteiger partial charge >= 0.3 is 6.09 Å². The molecule has 3 aromatic rings. The highest BCUT2D eigenvalue weighted by atomic mass is 79.9. The number of fused-ring (bicyclic) bond motifs is 3. The van der Waals surface area contributed by atoms with E-state index in [-0.39, 0.29) is 12.1 Å². The summed E-state index contributed by atoms with van der Waals surface area (Å²) in [5, 5.41) is 10.5. The maximum absolute atomic E-state index is 12.8. The fourth-order valence-electron chi connectivity index (χ4n) is 5.36. The first-order valence-corrected chi connectivity index (χ1v) is 12.6. The lowest BCUT2D eigenvalue weighted by Gasteiger charge is -2.50. The molecule has 6 heteroatoms. The molecule has 34 heavy (non-hydrogen) atoms. The number of ether oxygens (including phenoxy) is 1. The topological polar surface area (TPSA) is 53.0 Å². The molecular weight excluding hydrogens is 492 g/mol. The molecule has 1 amide bonds. The lowest BCUT2D eigenvalue weighted by atomic mass is 9.81. The first kappa shape index (κ1) is 22.9. The Balaban J connectivity index is 1.46. The number of amides is 1. The Bertz CT molecular complexity index is 1110. The van der Waals surface area contributed by atoms with Gasteiger partial charge in [0, 0.05) is 11.0 Å². The molecule has 0 radical (unpaired) electrons. The number of rotatable bonds is 7. The molecular formula is C28H29BrN2O3. The van der Waals surface area contributed by atoms with Crippen molar-refractivity contribution in [3.8, 4) is 5.75 Å². The van der Waals surface area contributed by atoms with E-state index in [9.17, 15) is 9.90 Å². The summed E-state index contributed by atoms with van der Waals surface area (Å²) in [6.07, 6.45) is 1.26. The first-order valence-electron chi connectivity index (χ1n) is 11.8. The van der Waals surface area contributed by atoms with Crippen molar-refractivity contribution in [2.75, 3.05) is 19.6 Å². The summed E-state index contributed by atoms with van der Waals surface area (Å²) in [6.45, 7) is 3.41. The van der Waals surface area contributed by atoms with E-state index in [1.54, 1.807) is 4.90 Å². The van der Waals surface area contributed by atoms with Crippen LogP contribution in [-0.2, 0) is 6.61 Å². The summed E-state index contributed by atoms with van der Waals surface area (Å²) in [6, 6.07) is 25.5. The molecule has 3 aliphatic rings. The quantitative estimate of drug-likeness (QED) is 0.403. The zero-order valence-corrected chi connectivity index (χ0v) is 20.6. The molecule has 1 N–H and O–H groups in total. The summed E-state index contributed by atoms with van der Waals surface area (Å²) < 4.78 is 7.14. The molecule has 0 saturated carbocycles. The van der Waals surface area contributed by atoms with Gasteiger partial charge in [0.1, 0.15) is 12.4 Å². The van der Waals surface area contributed by atoms with Crippen LogP contribution in [0.15, 0.2) is 83.3 Å². The van der Waals surface area contributed by atoms with Gasteiger partial charge in [-0.3, -0.25) is 4.90 Å². The molecule has 3 heterocycles. The van der Waals surface area contributed by atoms with Gasteiger partial charge in [-0.15, -0.1) is 0 Å². The van der Waals surface area contributed by atoms with E-state index in [0.717, 1.165) is 59.4 Å². The van der Waals surface area contributed by atoms with Gasteiger partial charge in [0.05, 0.1) is 12.1 Å². The minimum Gasteiger partial charge on any atom is -0.489 e. The number of piperidine rings is 3. The summed E-state index contributed by atoms with van der Waals surface area (Å²) >= 11 is 3.46. The molecule has 3 saturated heterocycles. The van der Waals surface area contributed by atoms with Gasteiger partial charge in [-0.2, -0.15) is 0 Å². The van der Waals surface area contributed by atoms with E-state index in [0.29, 0.717) is 12.5 Å². The van der Waals surface area contributed by atoms with Gasteiger partial charge in [0.25, 0.3) is 0 Å². The lowest BCUT2D eigenvalue weighted by Crippen LogP contribution is -2.59. The SMILES string of the molecule is O=C(O)N(C(c1ccccc1)c1cccc(OCc2ccc(Br)cc2)c1)[C@H]1CN2CCC1CC2. The van der Waals surface area contributed by atoms with Crippen molar-refractivity contribution < 1.29 is 14.6 Å². The van der Waals surface area contributed by atoms with Crippen LogP contribution in [0.4, 0.5) is 4.79 Å². The second kappa shape index (κ2) is 10.2. The molecule has 3 fully saturated rings. The van der Waals surface area contributed by atoms with Crippen LogP contribution in [0.2, 0.25) is 0 Å². The maximum atomic E-state index is 12.8. The van der Waals surface area contributed by atoms with E-state index in [1.807, 2.05) is 78.9 Å². The summed E-state index contributed by atoms with van der Waals surface area (Å²) in [5.41, 5.74) is 2.98. The van der Waals surface area contributed by atoms with Crippen molar-refractivity contribution in [3.05, 3.63) is 100 Å². The molecule has 0 spiro atoms.